The summed E-state index contributed by atoms with van der Waals surface area (Å²) in [7, 11) is 4.02. The van der Waals surface area contributed by atoms with Crippen LogP contribution in [0.3, 0.4) is 0 Å². The van der Waals surface area contributed by atoms with E-state index in [-0.39, 0.29) is 0 Å². The molecule has 3 N–H and O–H groups in total. The summed E-state index contributed by atoms with van der Waals surface area (Å²) in [6.07, 6.45) is 3.39. The Balaban J connectivity index is 1.37. The molecule has 10 heteroatoms. The molecular formula is C26H30N8O2. The minimum atomic E-state index is 0.375. The number of nitrogens with zero attached hydrogens (tertiary/aromatic N) is 6. The number of aromatic nitrogens is 4. The first-order valence-corrected chi connectivity index (χ1v) is 11.9. The van der Waals surface area contributed by atoms with Crippen molar-refractivity contribution in [2.45, 2.75) is 0 Å². The Bertz CT molecular complexity index is 1310. The second kappa shape index (κ2) is 10.7. The smallest absolute Gasteiger partial charge is 0.229 e. The van der Waals surface area contributed by atoms with Crippen molar-refractivity contribution >= 4 is 34.0 Å². The summed E-state index contributed by atoms with van der Waals surface area (Å²) in [6, 6.07) is 13.8. The molecular weight excluding hydrogens is 456 g/mol. The van der Waals surface area contributed by atoms with Crippen LogP contribution in [-0.4, -0.2) is 78.4 Å². The van der Waals surface area contributed by atoms with E-state index in [9.17, 15) is 0 Å². The number of pyridine rings is 2. The second-order valence-electron chi connectivity index (χ2n) is 8.79. The van der Waals surface area contributed by atoms with Gasteiger partial charge in [-0.25, -0.2) is 4.98 Å². The van der Waals surface area contributed by atoms with Crippen molar-refractivity contribution < 1.29 is 9.47 Å². The van der Waals surface area contributed by atoms with Crippen LogP contribution in [0.25, 0.3) is 22.3 Å². The molecule has 1 aromatic carbocycles. The van der Waals surface area contributed by atoms with E-state index in [0.29, 0.717) is 41.0 Å². The molecule has 0 unspecified atom stereocenters. The Morgan fingerprint density at radius 3 is 2.56 bits per heavy atom. The second-order valence-corrected chi connectivity index (χ2v) is 8.79. The molecule has 1 aliphatic heterocycles. The highest BCUT2D eigenvalue weighted by Gasteiger charge is 2.14. The van der Waals surface area contributed by atoms with Gasteiger partial charge in [0, 0.05) is 42.6 Å². The Kier molecular flexibility index (Phi) is 7.06. The van der Waals surface area contributed by atoms with Crippen molar-refractivity contribution in [3.8, 4) is 17.1 Å². The molecule has 0 radical (unpaired) electrons. The highest BCUT2D eigenvalue weighted by atomic mass is 16.5. The van der Waals surface area contributed by atoms with Gasteiger partial charge in [0.15, 0.2) is 0 Å². The molecule has 1 aliphatic rings. The van der Waals surface area contributed by atoms with Gasteiger partial charge in [0.25, 0.3) is 0 Å². The van der Waals surface area contributed by atoms with Crippen LogP contribution in [0.5, 0.6) is 5.75 Å². The van der Waals surface area contributed by atoms with Crippen molar-refractivity contribution in [1.29, 1.82) is 0 Å². The molecule has 4 heterocycles. The molecule has 0 bridgehead atoms. The number of likely N-dealkylation sites (N-methyl/N-ethyl adjacent to an activating group) is 1. The quantitative estimate of drug-likeness (QED) is 0.385. The first-order chi connectivity index (χ1) is 17.6. The molecule has 10 nitrogen and oxygen atoms in total. The topological polar surface area (TPSA) is 115 Å². The number of ether oxygens (including phenoxy) is 2. The maximum Gasteiger partial charge on any atom is 0.229 e. The maximum absolute atomic E-state index is 6.30. The van der Waals surface area contributed by atoms with E-state index in [1.54, 1.807) is 12.4 Å². The molecule has 1 saturated heterocycles. The van der Waals surface area contributed by atoms with Crippen molar-refractivity contribution in [2.75, 3.05) is 69.5 Å². The van der Waals surface area contributed by atoms with Crippen molar-refractivity contribution in [2.24, 2.45) is 0 Å². The molecule has 0 aliphatic carbocycles. The fourth-order valence-corrected chi connectivity index (χ4v) is 3.98. The predicted molar refractivity (Wildman–Crippen MR) is 142 cm³/mol. The Labute approximate surface area is 210 Å². The normalized spacial score (nSPS) is 13.8. The van der Waals surface area contributed by atoms with E-state index in [1.807, 2.05) is 44.4 Å². The van der Waals surface area contributed by atoms with Gasteiger partial charge in [0.1, 0.15) is 29.4 Å². The van der Waals surface area contributed by atoms with Gasteiger partial charge in [-0.1, -0.05) is 0 Å². The maximum atomic E-state index is 6.30. The lowest BCUT2D eigenvalue weighted by Gasteiger charge is -2.28. The monoisotopic (exact) mass is 486 g/mol. The van der Waals surface area contributed by atoms with Gasteiger partial charge in [-0.2, -0.15) is 4.98 Å². The van der Waals surface area contributed by atoms with E-state index in [4.69, 9.17) is 20.2 Å². The lowest BCUT2D eigenvalue weighted by molar-refractivity contribution is 0.122. The summed E-state index contributed by atoms with van der Waals surface area (Å²) in [6.45, 7) is 4.71. The Morgan fingerprint density at radius 2 is 1.83 bits per heavy atom. The van der Waals surface area contributed by atoms with Crippen LogP contribution in [0.15, 0.2) is 54.9 Å². The third-order valence-corrected chi connectivity index (χ3v) is 5.93. The van der Waals surface area contributed by atoms with E-state index in [2.05, 4.69) is 42.2 Å². The van der Waals surface area contributed by atoms with Crippen molar-refractivity contribution in [3.05, 3.63) is 54.9 Å². The number of anilines is 4. The molecule has 5 rings (SSSR count). The minimum absolute atomic E-state index is 0.375. The van der Waals surface area contributed by atoms with Crippen LogP contribution in [0.2, 0.25) is 0 Å². The summed E-state index contributed by atoms with van der Waals surface area (Å²) in [5.74, 6) is 1.48. The number of hydrogen-bond donors (Lipinski definition) is 2. The van der Waals surface area contributed by atoms with Gasteiger partial charge in [-0.3, -0.25) is 9.97 Å². The molecule has 0 amide bonds. The predicted octanol–water partition coefficient (Wildman–Crippen LogP) is 3.19. The average Bonchev–Trinajstić information content (AvgIpc) is 2.90. The van der Waals surface area contributed by atoms with E-state index >= 15 is 0 Å². The molecule has 1 fully saturated rings. The minimum Gasteiger partial charge on any atom is -0.491 e. The number of fused-ring (bicyclic) bond motifs is 1. The average molecular weight is 487 g/mol. The SMILES string of the molecule is CN(C)CCOc1ccc(-c2nccc3c(N)nc(Nc4ccc(N5CCOCC5)cc4)nc23)nc1. The first kappa shape index (κ1) is 23.7. The first-order valence-electron chi connectivity index (χ1n) is 11.9. The number of rotatable bonds is 8. The lowest BCUT2D eigenvalue weighted by Crippen LogP contribution is -2.36. The Morgan fingerprint density at radius 1 is 1.03 bits per heavy atom. The Hall–Kier alpha value is -4.02. The molecule has 186 valence electrons. The molecule has 0 atom stereocenters. The van der Waals surface area contributed by atoms with Crippen LogP contribution in [-0.2, 0) is 4.74 Å². The standard InChI is InChI=1S/C26H30N8O2/c1-33(2)11-16-36-20-7-8-22(29-17-20)24-23-21(9-10-28-24)25(27)32-26(31-23)30-18-3-5-19(6-4-18)34-12-14-35-15-13-34/h3-10,17H,11-16H2,1-2H3,(H3,27,30,31,32). The number of nitrogen functional groups attached to an aromatic ring is 1. The number of nitrogens with two attached hydrogens (primary N) is 1. The van der Waals surface area contributed by atoms with Gasteiger partial charge < -0.3 is 30.3 Å². The zero-order valence-electron chi connectivity index (χ0n) is 20.5. The van der Waals surface area contributed by atoms with Crippen molar-refractivity contribution in [3.63, 3.8) is 0 Å². The molecule has 0 spiro atoms. The molecule has 3 aromatic heterocycles. The van der Waals surface area contributed by atoms with Crippen molar-refractivity contribution in [1.82, 2.24) is 24.8 Å². The molecule has 36 heavy (non-hydrogen) atoms. The summed E-state index contributed by atoms with van der Waals surface area (Å²) in [5, 5.41) is 3.99. The van der Waals surface area contributed by atoms with Gasteiger partial charge in [0.05, 0.1) is 25.1 Å². The number of hydrogen-bond acceptors (Lipinski definition) is 10. The van der Waals surface area contributed by atoms with Gasteiger partial charge >= 0.3 is 0 Å². The third-order valence-electron chi connectivity index (χ3n) is 5.93. The fraction of sp³-hybridized carbons (Fsp3) is 0.308. The number of nitrogens with one attached hydrogen (secondary N) is 1. The van der Waals surface area contributed by atoms with Crippen LogP contribution in [0.4, 0.5) is 23.1 Å². The fourth-order valence-electron chi connectivity index (χ4n) is 3.98. The zero-order chi connectivity index (χ0) is 24.9. The van der Waals surface area contributed by atoms with Crippen LogP contribution >= 0.6 is 0 Å². The highest BCUT2D eigenvalue weighted by molar-refractivity contribution is 5.97. The van der Waals surface area contributed by atoms with Gasteiger partial charge in [-0.05, 0) is 56.6 Å². The highest BCUT2D eigenvalue weighted by Crippen LogP contribution is 2.29. The summed E-state index contributed by atoms with van der Waals surface area (Å²) >= 11 is 0. The molecule has 0 saturated carbocycles. The lowest BCUT2D eigenvalue weighted by atomic mass is 10.1. The van der Waals surface area contributed by atoms with Crippen LogP contribution < -0.4 is 20.7 Å². The number of morpholine rings is 1. The zero-order valence-corrected chi connectivity index (χ0v) is 20.5. The van der Waals surface area contributed by atoms with Gasteiger partial charge in [-0.15, -0.1) is 0 Å². The summed E-state index contributed by atoms with van der Waals surface area (Å²) < 4.78 is 11.2. The largest absolute Gasteiger partial charge is 0.491 e. The van der Waals surface area contributed by atoms with E-state index in [0.717, 1.165) is 49.6 Å². The van der Waals surface area contributed by atoms with E-state index < -0.39 is 0 Å². The van der Waals surface area contributed by atoms with Crippen LogP contribution in [0.1, 0.15) is 0 Å². The van der Waals surface area contributed by atoms with E-state index in [1.165, 1.54) is 0 Å². The summed E-state index contributed by atoms with van der Waals surface area (Å²) in [4.78, 5) is 22.7. The van der Waals surface area contributed by atoms with Gasteiger partial charge in [0.2, 0.25) is 5.95 Å². The summed E-state index contributed by atoms with van der Waals surface area (Å²) in [5.41, 5.74) is 10.3. The van der Waals surface area contributed by atoms with Crippen LogP contribution in [0, 0.1) is 0 Å². The third kappa shape index (κ3) is 5.45. The molecule has 4 aromatic rings. The number of benzene rings is 1.